The molecule has 3 rings (SSSR count). The lowest BCUT2D eigenvalue weighted by Gasteiger charge is -2.10. The number of benzene rings is 2. The van der Waals surface area contributed by atoms with Gasteiger partial charge in [0.15, 0.2) is 11.0 Å². The van der Waals surface area contributed by atoms with Crippen LogP contribution in [0, 0.1) is 10.1 Å². The van der Waals surface area contributed by atoms with Crippen LogP contribution in [-0.2, 0) is 12.7 Å². The highest BCUT2D eigenvalue weighted by molar-refractivity contribution is 7.99. The predicted octanol–water partition coefficient (Wildman–Crippen LogP) is 5.43. The molecule has 146 valence electrons. The molecule has 1 aromatic heterocycles. The number of alkyl halides is 3. The Hall–Kier alpha value is -2.88. The SMILES string of the molecule is CCCn1c(Sc2ccc(C(F)(F)F)cc2[N+](=O)[O-])nnc1-c1ccccc1. The van der Waals surface area contributed by atoms with Crippen LogP contribution in [-0.4, -0.2) is 19.7 Å². The fourth-order valence-corrected chi connectivity index (χ4v) is 3.55. The summed E-state index contributed by atoms with van der Waals surface area (Å²) in [5, 5.41) is 20.0. The molecule has 0 fully saturated rings. The highest BCUT2D eigenvalue weighted by Gasteiger charge is 2.33. The van der Waals surface area contributed by atoms with E-state index in [0.717, 1.165) is 35.9 Å². The summed E-state index contributed by atoms with van der Waals surface area (Å²) in [5.74, 6) is 0.597. The number of nitro groups is 1. The van der Waals surface area contributed by atoms with Gasteiger partial charge in [-0.15, -0.1) is 10.2 Å². The van der Waals surface area contributed by atoms with Gasteiger partial charge in [-0.3, -0.25) is 10.1 Å². The van der Waals surface area contributed by atoms with Gasteiger partial charge in [-0.05, 0) is 30.3 Å². The maximum Gasteiger partial charge on any atom is 0.416 e. The summed E-state index contributed by atoms with van der Waals surface area (Å²) in [6, 6.07) is 11.8. The first-order valence-electron chi connectivity index (χ1n) is 8.33. The Morgan fingerprint density at radius 2 is 1.86 bits per heavy atom. The van der Waals surface area contributed by atoms with Gasteiger partial charge in [0.05, 0.1) is 15.4 Å². The summed E-state index contributed by atoms with van der Waals surface area (Å²) < 4.78 is 40.5. The number of halogens is 3. The van der Waals surface area contributed by atoms with Crippen LogP contribution in [0.2, 0.25) is 0 Å². The lowest BCUT2D eigenvalue weighted by molar-refractivity contribution is -0.388. The van der Waals surface area contributed by atoms with Crippen molar-refractivity contribution in [2.45, 2.75) is 36.1 Å². The lowest BCUT2D eigenvalue weighted by Crippen LogP contribution is -2.06. The molecule has 0 aliphatic carbocycles. The second-order valence-electron chi connectivity index (χ2n) is 5.86. The molecule has 6 nitrogen and oxygen atoms in total. The van der Waals surface area contributed by atoms with Crippen LogP contribution in [0.3, 0.4) is 0 Å². The Morgan fingerprint density at radius 1 is 1.14 bits per heavy atom. The molecule has 0 spiro atoms. The molecule has 28 heavy (non-hydrogen) atoms. The van der Waals surface area contributed by atoms with Crippen molar-refractivity contribution in [1.29, 1.82) is 0 Å². The minimum atomic E-state index is -4.66. The number of hydrogen-bond donors (Lipinski definition) is 0. The molecule has 0 unspecified atom stereocenters. The Morgan fingerprint density at radius 3 is 2.46 bits per heavy atom. The van der Waals surface area contributed by atoms with Gasteiger partial charge in [0, 0.05) is 18.2 Å². The third-order valence-corrected chi connectivity index (χ3v) is 4.93. The quantitative estimate of drug-likeness (QED) is 0.401. The molecule has 0 saturated carbocycles. The topological polar surface area (TPSA) is 73.8 Å². The number of rotatable bonds is 6. The Labute approximate surface area is 162 Å². The second kappa shape index (κ2) is 8.01. The summed E-state index contributed by atoms with van der Waals surface area (Å²) in [6.45, 7) is 2.53. The number of nitrogens with zero attached hydrogens (tertiary/aromatic N) is 4. The van der Waals surface area contributed by atoms with Crippen LogP contribution in [0.1, 0.15) is 18.9 Å². The zero-order chi connectivity index (χ0) is 20.3. The van der Waals surface area contributed by atoms with E-state index in [9.17, 15) is 23.3 Å². The molecular formula is C18H15F3N4O2S. The van der Waals surface area contributed by atoms with Gasteiger partial charge in [-0.1, -0.05) is 37.3 Å². The van der Waals surface area contributed by atoms with E-state index < -0.39 is 22.4 Å². The third-order valence-electron chi connectivity index (χ3n) is 3.88. The van der Waals surface area contributed by atoms with E-state index in [1.165, 1.54) is 0 Å². The van der Waals surface area contributed by atoms with E-state index in [4.69, 9.17) is 0 Å². The summed E-state index contributed by atoms with van der Waals surface area (Å²) in [4.78, 5) is 10.6. The average Bonchev–Trinajstić information content (AvgIpc) is 3.04. The van der Waals surface area contributed by atoms with Crippen molar-refractivity contribution in [3.05, 3.63) is 64.2 Å². The van der Waals surface area contributed by atoms with E-state index in [2.05, 4.69) is 10.2 Å². The molecule has 0 saturated heterocycles. The highest BCUT2D eigenvalue weighted by Crippen LogP contribution is 2.39. The van der Waals surface area contributed by atoms with Gasteiger partial charge >= 0.3 is 6.18 Å². The van der Waals surface area contributed by atoms with Gasteiger partial charge in [-0.2, -0.15) is 13.2 Å². The fourth-order valence-electron chi connectivity index (χ4n) is 2.61. The van der Waals surface area contributed by atoms with Gasteiger partial charge < -0.3 is 4.57 Å². The molecule has 10 heteroatoms. The molecule has 0 atom stereocenters. The van der Waals surface area contributed by atoms with E-state index in [0.29, 0.717) is 23.6 Å². The summed E-state index contributed by atoms with van der Waals surface area (Å²) in [5.41, 5.74) is -0.854. The van der Waals surface area contributed by atoms with Gasteiger partial charge in [0.2, 0.25) is 0 Å². The Kier molecular flexibility index (Phi) is 5.68. The third kappa shape index (κ3) is 4.16. The van der Waals surface area contributed by atoms with Crippen LogP contribution in [0.5, 0.6) is 0 Å². The largest absolute Gasteiger partial charge is 0.416 e. The Balaban J connectivity index is 2.02. The lowest BCUT2D eigenvalue weighted by atomic mass is 10.2. The normalized spacial score (nSPS) is 11.6. The predicted molar refractivity (Wildman–Crippen MR) is 98.0 cm³/mol. The minimum absolute atomic E-state index is 0.0716. The molecule has 1 heterocycles. The molecule has 0 aliphatic heterocycles. The standard InChI is InChI=1S/C18H15F3N4O2S/c1-2-10-24-16(12-6-4-3-5-7-12)22-23-17(24)28-15-9-8-13(18(19,20)21)11-14(15)25(26)27/h3-9,11H,2,10H2,1H3. The molecule has 0 bridgehead atoms. The molecule has 2 aromatic carbocycles. The minimum Gasteiger partial charge on any atom is -0.302 e. The first-order valence-corrected chi connectivity index (χ1v) is 9.15. The van der Waals surface area contributed by atoms with Crippen molar-refractivity contribution in [3.63, 3.8) is 0 Å². The van der Waals surface area contributed by atoms with Crippen LogP contribution < -0.4 is 0 Å². The van der Waals surface area contributed by atoms with Crippen LogP contribution in [0.4, 0.5) is 18.9 Å². The fraction of sp³-hybridized carbons (Fsp3) is 0.222. The first kappa shape index (κ1) is 19.9. The van der Waals surface area contributed by atoms with Crippen molar-refractivity contribution in [3.8, 4) is 11.4 Å². The highest BCUT2D eigenvalue weighted by atomic mass is 32.2. The van der Waals surface area contributed by atoms with Crippen LogP contribution in [0.15, 0.2) is 58.6 Å². The van der Waals surface area contributed by atoms with Crippen molar-refractivity contribution < 1.29 is 18.1 Å². The first-order chi connectivity index (χ1) is 13.3. The molecule has 3 aromatic rings. The summed E-state index contributed by atoms with van der Waals surface area (Å²) >= 11 is 0.924. The molecule has 0 radical (unpaired) electrons. The van der Waals surface area contributed by atoms with E-state index >= 15 is 0 Å². The molecule has 0 aliphatic rings. The van der Waals surface area contributed by atoms with Crippen molar-refractivity contribution in [2.75, 3.05) is 0 Å². The Bertz CT molecular complexity index is 990. The van der Waals surface area contributed by atoms with E-state index in [1.807, 2.05) is 37.3 Å². The van der Waals surface area contributed by atoms with Crippen LogP contribution in [0.25, 0.3) is 11.4 Å². The maximum absolute atomic E-state index is 12.9. The van der Waals surface area contributed by atoms with Gasteiger partial charge in [0.25, 0.3) is 5.69 Å². The summed E-state index contributed by atoms with van der Waals surface area (Å²) in [7, 11) is 0. The maximum atomic E-state index is 12.9. The zero-order valence-electron chi connectivity index (χ0n) is 14.7. The van der Waals surface area contributed by atoms with Crippen LogP contribution >= 0.6 is 11.8 Å². The van der Waals surface area contributed by atoms with Crippen molar-refractivity contribution >= 4 is 17.4 Å². The van der Waals surface area contributed by atoms with E-state index in [1.54, 1.807) is 4.57 Å². The molecule has 0 amide bonds. The number of hydrogen-bond acceptors (Lipinski definition) is 5. The smallest absolute Gasteiger partial charge is 0.302 e. The molecular weight excluding hydrogens is 393 g/mol. The number of nitro benzene ring substituents is 1. The zero-order valence-corrected chi connectivity index (χ0v) is 15.5. The molecule has 0 N–H and O–H groups in total. The van der Waals surface area contributed by atoms with Crippen molar-refractivity contribution in [1.82, 2.24) is 14.8 Å². The average molecular weight is 408 g/mol. The second-order valence-corrected chi connectivity index (χ2v) is 6.87. The van der Waals surface area contributed by atoms with Gasteiger partial charge in [-0.25, -0.2) is 0 Å². The van der Waals surface area contributed by atoms with Crippen molar-refractivity contribution in [2.24, 2.45) is 0 Å². The monoisotopic (exact) mass is 408 g/mol. The van der Waals surface area contributed by atoms with E-state index in [-0.39, 0.29) is 4.90 Å². The number of aromatic nitrogens is 3. The van der Waals surface area contributed by atoms with Gasteiger partial charge in [0.1, 0.15) is 0 Å². The summed E-state index contributed by atoms with van der Waals surface area (Å²) in [6.07, 6.45) is -3.89.